The molecule has 1 aromatic rings. The van der Waals surface area contributed by atoms with Crippen LogP contribution < -0.4 is 9.47 Å². The Labute approximate surface area is 167 Å². The molecular weight excluding hydrogens is 360 g/mol. The van der Waals surface area contributed by atoms with Gasteiger partial charge in [-0.2, -0.15) is 0 Å². The lowest BCUT2D eigenvalue weighted by Gasteiger charge is -2.37. The summed E-state index contributed by atoms with van der Waals surface area (Å²) in [5, 5.41) is 29.9. The zero-order chi connectivity index (χ0) is 20.0. The first-order chi connectivity index (χ1) is 13.5. The molecule has 1 aromatic carbocycles. The van der Waals surface area contributed by atoms with E-state index in [1.54, 1.807) is 7.11 Å². The van der Waals surface area contributed by atoms with Gasteiger partial charge in [-0.05, 0) is 44.8 Å². The number of aliphatic hydroxyl groups excluding tert-OH is 2. The minimum absolute atomic E-state index is 0.188. The number of methoxy groups -OCH3 is 1. The predicted molar refractivity (Wildman–Crippen MR) is 107 cm³/mol. The van der Waals surface area contributed by atoms with E-state index in [-0.39, 0.29) is 13.2 Å². The van der Waals surface area contributed by atoms with E-state index in [2.05, 4.69) is 9.80 Å². The summed E-state index contributed by atoms with van der Waals surface area (Å²) in [4.78, 5) is 4.52. The Bertz CT molecular complexity index is 613. The molecule has 1 atom stereocenters. The lowest BCUT2D eigenvalue weighted by atomic mass is 9.92. The molecule has 0 aliphatic carbocycles. The number of hydrogen-bond acceptors (Lipinski definition) is 7. The molecule has 0 unspecified atom stereocenters. The summed E-state index contributed by atoms with van der Waals surface area (Å²) in [6.45, 7) is 4.95. The summed E-state index contributed by atoms with van der Waals surface area (Å²) < 4.78 is 11.3. The van der Waals surface area contributed by atoms with Gasteiger partial charge in [0.05, 0.1) is 19.3 Å². The largest absolute Gasteiger partial charge is 0.497 e. The zero-order valence-corrected chi connectivity index (χ0v) is 16.8. The topological polar surface area (TPSA) is 85.6 Å². The fourth-order valence-electron chi connectivity index (χ4n) is 3.96. The molecule has 3 rings (SSSR count). The number of likely N-dealkylation sites (tertiary alicyclic amines) is 2. The Hall–Kier alpha value is -1.38. The second-order valence-electron chi connectivity index (χ2n) is 8.10. The van der Waals surface area contributed by atoms with Gasteiger partial charge < -0.3 is 29.7 Å². The fraction of sp³-hybridized carbons (Fsp3) is 0.714. The van der Waals surface area contributed by atoms with Crippen molar-refractivity contribution in [3.63, 3.8) is 0 Å². The van der Waals surface area contributed by atoms with Crippen LogP contribution in [0.15, 0.2) is 18.2 Å². The van der Waals surface area contributed by atoms with Crippen molar-refractivity contribution in [3.8, 4) is 11.5 Å². The van der Waals surface area contributed by atoms with E-state index in [1.807, 2.05) is 18.2 Å². The van der Waals surface area contributed by atoms with E-state index in [0.29, 0.717) is 25.9 Å². The maximum absolute atomic E-state index is 10.3. The molecule has 0 radical (unpaired) electrons. The van der Waals surface area contributed by atoms with Crippen LogP contribution in [0.5, 0.6) is 11.5 Å². The third-order valence-corrected chi connectivity index (χ3v) is 5.85. The molecule has 3 N–H and O–H groups in total. The zero-order valence-electron chi connectivity index (χ0n) is 16.8. The number of aliphatic hydroxyl groups is 3. The van der Waals surface area contributed by atoms with Crippen LogP contribution in [-0.2, 0) is 6.54 Å². The molecule has 2 fully saturated rings. The van der Waals surface area contributed by atoms with Crippen LogP contribution in [0.3, 0.4) is 0 Å². The van der Waals surface area contributed by atoms with E-state index < -0.39 is 11.7 Å². The van der Waals surface area contributed by atoms with Gasteiger partial charge in [0.2, 0.25) is 0 Å². The van der Waals surface area contributed by atoms with Gasteiger partial charge in [-0.3, -0.25) is 4.90 Å². The van der Waals surface area contributed by atoms with Crippen LogP contribution in [0, 0.1) is 0 Å². The Morgan fingerprint density at radius 2 is 1.82 bits per heavy atom. The normalized spacial score (nSPS) is 21.6. The average Bonchev–Trinajstić information content (AvgIpc) is 3.22. The highest BCUT2D eigenvalue weighted by Crippen LogP contribution is 2.29. The third-order valence-electron chi connectivity index (χ3n) is 5.85. The Balaban J connectivity index is 1.58. The van der Waals surface area contributed by atoms with Crippen molar-refractivity contribution in [2.45, 2.75) is 43.9 Å². The molecule has 0 bridgehead atoms. The van der Waals surface area contributed by atoms with Gasteiger partial charge in [0.25, 0.3) is 0 Å². The van der Waals surface area contributed by atoms with E-state index in [1.165, 1.54) is 12.8 Å². The third kappa shape index (κ3) is 5.81. The summed E-state index contributed by atoms with van der Waals surface area (Å²) in [5.74, 6) is 1.45. The lowest BCUT2D eigenvalue weighted by molar-refractivity contribution is -0.0607. The van der Waals surface area contributed by atoms with Crippen molar-refractivity contribution in [1.82, 2.24) is 9.80 Å². The van der Waals surface area contributed by atoms with Gasteiger partial charge in [-0.15, -0.1) is 0 Å². The van der Waals surface area contributed by atoms with Crippen molar-refractivity contribution in [1.29, 1.82) is 0 Å². The summed E-state index contributed by atoms with van der Waals surface area (Å²) >= 11 is 0. The van der Waals surface area contributed by atoms with E-state index in [4.69, 9.17) is 9.47 Å². The molecule has 2 heterocycles. The predicted octanol–water partition coefficient (Wildman–Crippen LogP) is 0.850. The quantitative estimate of drug-likeness (QED) is 0.572. The van der Waals surface area contributed by atoms with Gasteiger partial charge in [0, 0.05) is 37.8 Å². The van der Waals surface area contributed by atoms with Gasteiger partial charge >= 0.3 is 0 Å². The van der Waals surface area contributed by atoms with Gasteiger partial charge in [0.15, 0.2) is 0 Å². The SMILES string of the molecule is COc1ccc(CN2CCC(O)(CO)CC2)c(OC[C@H](O)CN2CCCC2)c1. The van der Waals surface area contributed by atoms with E-state index >= 15 is 0 Å². The number of nitrogens with zero attached hydrogens (tertiary/aromatic N) is 2. The molecule has 0 aromatic heterocycles. The first kappa shape index (κ1) is 21.3. The maximum Gasteiger partial charge on any atom is 0.127 e. The molecule has 2 aliphatic rings. The van der Waals surface area contributed by atoms with Crippen LogP contribution in [-0.4, -0.2) is 89.9 Å². The lowest BCUT2D eigenvalue weighted by Crippen LogP contribution is -2.46. The first-order valence-corrected chi connectivity index (χ1v) is 10.3. The minimum atomic E-state index is -0.949. The number of piperidine rings is 1. The maximum atomic E-state index is 10.3. The minimum Gasteiger partial charge on any atom is -0.497 e. The highest BCUT2D eigenvalue weighted by molar-refractivity contribution is 5.40. The Kier molecular flexibility index (Phi) is 7.54. The molecule has 7 nitrogen and oxygen atoms in total. The van der Waals surface area contributed by atoms with E-state index in [9.17, 15) is 15.3 Å². The number of hydrogen-bond donors (Lipinski definition) is 3. The standard InChI is InChI=1S/C21H34N2O5/c1-27-19-5-4-17(13-23-10-6-21(26,16-24)7-11-23)20(12-19)28-15-18(25)14-22-8-2-3-9-22/h4-5,12,18,24-26H,2-3,6-11,13-16H2,1H3/t18-/m1/s1. The number of rotatable bonds is 9. The number of ether oxygens (including phenoxy) is 2. The summed E-state index contributed by atoms with van der Waals surface area (Å²) in [6.07, 6.45) is 3.00. The van der Waals surface area contributed by atoms with Gasteiger partial charge in [-0.1, -0.05) is 6.07 Å². The van der Waals surface area contributed by atoms with Crippen LogP contribution in [0.1, 0.15) is 31.2 Å². The van der Waals surface area contributed by atoms with Crippen molar-refractivity contribution in [3.05, 3.63) is 23.8 Å². The highest BCUT2D eigenvalue weighted by Gasteiger charge is 2.31. The fourth-order valence-corrected chi connectivity index (χ4v) is 3.96. The molecule has 0 saturated carbocycles. The average molecular weight is 395 g/mol. The molecule has 2 saturated heterocycles. The van der Waals surface area contributed by atoms with Crippen molar-refractivity contribution < 1.29 is 24.8 Å². The number of β-amino-alcohol motifs (C(OH)–C–C–N with tert-alkyl or cyclic N) is 1. The summed E-state index contributed by atoms with van der Waals surface area (Å²) in [5.41, 5.74) is 0.0821. The molecule has 0 spiro atoms. The van der Waals surface area contributed by atoms with Crippen LogP contribution in [0.4, 0.5) is 0 Å². The van der Waals surface area contributed by atoms with Crippen molar-refractivity contribution in [2.75, 3.05) is 53.0 Å². The molecular formula is C21H34N2O5. The molecule has 28 heavy (non-hydrogen) atoms. The van der Waals surface area contributed by atoms with Crippen molar-refractivity contribution >= 4 is 0 Å². The Morgan fingerprint density at radius 3 is 2.46 bits per heavy atom. The van der Waals surface area contributed by atoms with E-state index in [0.717, 1.165) is 43.2 Å². The second kappa shape index (κ2) is 9.89. The van der Waals surface area contributed by atoms with Gasteiger partial charge in [-0.25, -0.2) is 0 Å². The van der Waals surface area contributed by atoms with Gasteiger partial charge in [0.1, 0.15) is 24.2 Å². The van der Waals surface area contributed by atoms with Crippen LogP contribution in [0.2, 0.25) is 0 Å². The Morgan fingerprint density at radius 1 is 1.11 bits per heavy atom. The van der Waals surface area contributed by atoms with Crippen LogP contribution in [0.25, 0.3) is 0 Å². The monoisotopic (exact) mass is 394 g/mol. The second-order valence-corrected chi connectivity index (χ2v) is 8.10. The molecule has 0 amide bonds. The first-order valence-electron chi connectivity index (χ1n) is 10.3. The smallest absolute Gasteiger partial charge is 0.127 e. The molecule has 158 valence electrons. The summed E-state index contributed by atoms with van der Waals surface area (Å²) in [6, 6.07) is 5.77. The van der Waals surface area contributed by atoms with Crippen molar-refractivity contribution in [2.24, 2.45) is 0 Å². The molecule has 7 heteroatoms. The van der Waals surface area contributed by atoms with Crippen LogP contribution >= 0.6 is 0 Å². The molecule has 2 aliphatic heterocycles. The highest BCUT2D eigenvalue weighted by atomic mass is 16.5. The number of benzene rings is 1. The summed E-state index contributed by atoms with van der Waals surface area (Å²) in [7, 11) is 1.63.